The average Bonchev–Trinajstić information content (AvgIpc) is 3.39. The van der Waals surface area contributed by atoms with E-state index >= 15 is 0 Å². The minimum Gasteiger partial charge on any atom is -0.356 e. The molecule has 1 fully saturated rings. The molecule has 1 aromatic carbocycles. The van der Waals surface area contributed by atoms with E-state index in [2.05, 4.69) is 29.7 Å². The highest BCUT2D eigenvalue weighted by atomic mass is 15.3. The second-order valence-electron chi connectivity index (χ2n) is 6.53. The molecule has 0 atom stereocenters. The number of benzene rings is 1. The number of anilines is 1. The summed E-state index contributed by atoms with van der Waals surface area (Å²) in [7, 11) is 0. The van der Waals surface area contributed by atoms with Crippen molar-refractivity contribution in [2.45, 2.75) is 18.9 Å². The van der Waals surface area contributed by atoms with Crippen LogP contribution in [0, 0.1) is 0 Å². The van der Waals surface area contributed by atoms with Crippen molar-refractivity contribution < 1.29 is 0 Å². The number of hydrogen-bond acceptors (Lipinski definition) is 5. The second-order valence-corrected chi connectivity index (χ2v) is 6.53. The van der Waals surface area contributed by atoms with Crippen LogP contribution in [0.3, 0.4) is 0 Å². The number of piperidine rings is 1. The van der Waals surface area contributed by atoms with Gasteiger partial charge >= 0.3 is 0 Å². The Morgan fingerprint density at radius 3 is 2.54 bits per heavy atom. The van der Waals surface area contributed by atoms with Crippen molar-refractivity contribution in [1.29, 1.82) is 0 Å². The molecule has 7 nitrogen and oxygen atoms in total. The van der Waals surface area contributed by atoms with Crippen molar-refractivity contribution in [3.8, 4) is 5.69 Å². The smallest absolute Gasteiger partial charge is 0.168 e. The van der Waals surface area contributed by atoms with Crippen LogP contribution in [0.2, 0.25) is 0 Å². The van der Waals surface area contributed by atoms with Gasteiger partial charge < -0.3 is 4.90 Å². The Bertz CT molecular complexity index is 999. The predicted octanol–water partition coefficient (Wildman–Crippen LogP) is 2.85. The molecule has 4 heterocycles. The van der Waals surface area contributed by atoms with Crippen molar-refractivity contribution in [2.24, 2.45) is 0 Å². The van der Waals surface area contributed by atoms with Crippen LogP contribution in [-0.4, -0.2) is 42.6 Å². The summed E-state index contributed by atoms with van der Waals surface area (Å²) in [4.78, 5) is 11.4. The van der Waals surface area contributed by atoms with Crippen molar-refractivity contribution in [3.63, 3.8) is 0 Å². The molecule has 26 heavy (non-hydrogen) atoms. The maximum absolute atomic E-state index is 4.56. The number of aromatic nitrogens is 6. The molecule has 3 aromatic heterocycles. The lowest BCUT2D eigenvalue weighted by molar-refractivity contribution is 0.366. The summed E-state index contributed by atoms with van der Waals surface area (Å²) in [6.45, 7) is 1.90. The molecule has 0 aliphatic carbocycles. The molecule has 1 aliphatic rings. The van der Waals surface area contributed by atoms with Gasteiger partial charge in [-0.25, -0.2) is 14.6 Å². The normalized spacial score (nSPS) is 15.6. The van der Waals surface area contributed by atoms with Gasteiger partial charge in [0.25, 0.3) is 0 Å². The van der Waals surface area contributed by atoms with Crippen LogP contribution >= 0.6 is 0 Å². The molecule has 0 bridgehead atoms. The van der Waals surface area contributed by atoms with Gasteiger partial charge in [0.2, 0.25) is 0 Å². The monoisotopic (exact) mass is 345 g/mol. The molecule has 4 aromatic rings. The number of fused-ring (bicyclic) bond motifs is 1. The number of hydrogen-bond donors (Lipinski definition) is 0. The lowest BCUT2D eigenvalue weighted by atomic mass is 10.1. The zero-order valence-electron chi connectivity index (χ0n) is 14.3. The maximum Gasteiger partial charge on any atom is 0.168 e. The first-order valence-corrected chi connectivity index (χ1v) is 8.88. The van der Waals surface area contributed by atoms with Gasteiger partial charge in [0, 0.05) is 25.5 Å². The predicted molar refractivity (Wildman–Crippen MR) is 99.4 cm³/mol. The number of para-hydroxylation sites is 1. The van der Waals surface area contributed by atoms with Crippen LogP contribution in [0.5, 0.6) is 0 Å². The molecular formula is C19H19N7. The molecular weight excluding hydrogens is 326 g/mol. The minimum atomic E-state index is 0.464. The summed E-state index contributed by atoms with van der Waals surface area (Å²) in [5.74, 6) is 0.969. The highest BCUT2D eigenvalue weighted by molar-refractivity contribution is 5.87. The van der Waals surface area contributed by atoms with Gasteiger partial charge in [0.1, 0.15) is 12.1 Å². The van der Waals surface area contributed by atoms with E-state index in [-0.39, 0.29) is 0 Å². The summed E-state index contributed by atoms with van der Waals surface area (Å²) in [6, 6.07) is 12.5. The molecule has 0 amide bonds. The lowest BCUT2D eigenvalue weighted by Crippen LogP contribution is -2.35. The first-order valence-electron chi connectivity index (χ1n) is 8.88. The Morgan fingerprint density at radius 1 is 0.923 bits per heavy atom. The standard InChI is InChI=1S/C19H19N7/c1-2-5-16(6-3-1)26-19-17(13-23-26)18(20-14-21-19)24-11-7-15(8-12-24)25-10-4-9-22-25/h1-6,9-10,13-15H,7-8,11-12H2. The maximum atomic E-state index is 4.56. The van der Waals surface area contributed by atoms with Gasteiger partial charge in [-0.15, -0.1) is 0 Å². The fourth-order valence-electron chi connectivity index (χ4n) is 3.68. The molecule has 0 N–H and O–H groups in total. The Kier molecular flexibility index (Phi) is 3.62. The van der Waals surface area contributed by atoms with Crippen LogP contribution in [0.25, 0.3) is 16.7 Å². The average molecular weight is 345 g/mol. The van der Waals surface area contributed by atoms with Crippen LogP contribution in [0.4, 0.5) is 5.82 Å². The Hall–Kier alpha value is -3.22. The van der Waals surface area contributed by atoms with Crippen molar-refractivity contribution in [3.05, 3.63) is 61.3 Å². The number of nitrogens with zero attached hydrogens (tertiary/aromatic N) is 7. The van der Waals surface area contributed by atoms with Crippen molar-refractivity contribution >= 4 is 16.9 Å². The first-order chi connectivity index (χ1) is 12.9. The summed E-state index contributed by atoms with van der Waals surface area (Å²) in [5.41, 5.74) is 1.85. The Morgan fingerprint density at radius 2 is 1.77 bits per heavy atom. The highest BCUT2D eigenvalue weighted by Crippen LogP contribution is 2.29. The lowest BCUT2D eigenvalue weighted by Gasteiger charge is -2.33. The quantitative estimate of drug-likeness (QED) is 0.571. The molecule has 5 rings (SSSR count). The first kappa shape index (κ1) is 15.1. The van der Waals surface area contributed by atoms with Gasteiger partial charge in [-0.3, -0.25) is 4.68 Å². The summed E-state index contributed by atoms with van der Waals surface area (Å²) < 4.78 is 3.94. The van der Waals surface area contributed by atoms with E-state index in [9.17, 15) is 0 Å². The van der Waals surface area contributed by atoms with E-state index < -0.39 is 0 Å². The minimum absolute atomic E-state index is 0.464. The van der Waals surface area contributed by atoms with E-state index in [0.29, 0.717) is 6.04 Å². The summed E-state index contributed by atoms with van der Waals surface area (Å²) in [5, 5.41) is 9.93. The van der Waals surface area contributed by atoms with E-state index in [0.717, 1.165) is 48.5 Å². The number of rotatable bonds is 3. The fourth-order valence-corrected chi connectivity index (χ4v) is 3.68. The van der Waals surface area contributed by atoms with Gasteiger partial charge in [-0.2, -0.15) is 10.2 Å². The molecule has 0 saturated carbocycles. The van der Waals surface area contributed by atoms with E-state index in [4.69, 9.17) is 0 Å². The molecule has 0 unspecified atom stereocenters. The zero-order chi connectivity index (χ0) is 17.3. The Labute approximate surface area is 150 Å². The zero-order valence-corrected chi connectivity index (χ0v) is 14.3. The summed E-state index contributed by atoms with van der Waals surface area (Å²) >= 11 is 0. The van der Waals surface area contributed by atoms with Crippen molar-refractivity contribution in [1.82, 2.24) is 29.5 Å². The Balaban J connectivity index is 1.44. The van der Waals surface area contributed by atoms with Crippen molar-refractivity contribution in [2.75, 3.05) is 18.0 Å². The van der Waals surface area contributed by atoms with Gasteiger partial charge in [-0.05, 0) is 31.0 Å². The van der Waals surface area contributed by atoms with Gasteiger partial charge in [0.05, 0.1) is 23.3 Å². The third kappa shape index (κ3) is 2.52. The van der Waals surface area contributed by atoms with Gasteiger partial charge in [0.15, 0.2) is 5.65 Å². The van der Waals surface area contributed by atoms with Crippen LogP contribution in [0.15, 0.2) is 61.3 Å². The third-order valence-electron chi connectivity index (χ3n) is 5.01. The van der Waals surface area contributed by atoms with Crippen LogP contribution in [-0.2, 0) is 0 Å². The van der Waals surface area contributed by atoms with E-state index in [1.165, 1.54) is 0 Å². The molecule has 0 radical (unpaired) electrons. The largest absolute Gasteiger partial charge is 0.356 e. The summed E-state index contributed by atoms with van der Waals surface area (Å²) in [6.07, 6.45) is 9.51. The highest BCUT2D eigenvalue weighted by Gasteiger charge is 2.24. The fraction of sp³-hybridized carbons (Fsp3) is 0.263. The molecule has 0 spiro atoms. The molecule has 1 aliphatic heterocycles. The van der Waals surface area contributed by atoms with Gasteiger partial charge in [-0.1, -0.05) is 18.2 Å². The topological polar surface area (TPSA) is 64.7 Å². The third-order valence-corrected chi connectivity index (χ3v) is 5.01. The van der Waals surface area contributed by atoms with E-state index in [1.807, 2.05) is 59.7 Å². The SMILES string of the molecule is c1ccc(-n2ncc3c(N4CCC(n5cccn5)CC4)ncnc32)cc1. The molecule has 1 saturated heterocycles. The molecule has 7 heteroatoms. The van der Waals surface area contributed by atoms with E-state index in [1.54, 1.807) is 6.33 Å². The van der Waals surface area contributed by atoms with Crippen LogP contribution in [0.1, 0.15) is 18.9 Å². The second kappa shape index (κ2) is 6.25. The van der Waals surface area contributed by atoms with Crippen LogP contribution < -0.4 is 4.90 Å². The molecule has 130 valence electrons.